The predicted octanol–water partition coefficient (Wildman–Crippen LogP) is 5.65. The van der Waals surface area contributed by atoms with Crippen molar-refractivity contribution in [3.8, 4) is 0 Å². The molecule has 0 heterocycles. The average molecular weight is 300 g/mol. The van der Waals surface area contributed by atoms with Crippen molar-refractivity contribution in [2.24, 2.45) is 0 Å². The van der Waals surface area contributed by atoms with Crippen molar-refractivity contribution in [2.45, 2.75) is 96.9 Å². The number of hydrogen-bond acceptors (Lipinski definition) is 2. The summed E-state index contributed by atoms with van der Waals surface area (Å²) in [6, 6.07) is 0.746. The third-order valence-corrected chi connectivity index (χ3v) is 4.34. The summed E-state index contributed by atoms with van der Waals surface area (Å²) in [5, 5.41) is 0. The highest BCUT2D eigenvalue weighted by Gasteiger charge is 2.10. The third-order valence-electron chi connectivity index (χ3n) is 4.34. The molecule has 0 saturated carbocycles. The summed E-state index contributed by atoms with van der Waals surface area (Å²) in [7, 11) is 4.45. The van der Waals surface area contributed by atoms with Crippen LogP contribution in [-0.4, -0.2) is 38.3 Å². The number of rotatable bonds is 16. The highest BCUT2D eigenvalue weighted by molar-refractivity contribution is 4.66. The molecule has 2 heteroatoms. The summed E-state index contributed by atoms with van der Waals surface area (Å²) in [5.74, 6) is 0. The highest BCUT2D eigenvalue weighted by Crippen LogP contribution is 2.15. The second-order valence-electron chi connectivity index (χ2n) is 6.64. The lowest BCUT2D eigenvalue weighted by Gasteiger charge is -2.24. The lowest BCUT2D eigenvalue weighted by molar-refractivity contribution is 0.119. The van der Waals surface area contributed by atoms with E-state index in [4.69, 9.17) is 4.74 Å². The molecule has 0 aliphatic heterocycles. The molecule has 0 aliphatic rings. The Kier molecular flexibility index (Phi) is 16.2. The molecular weight excluding hydrogens is 258 g/mol. The zero-order chi connectivity index (χ0) is 15.8. The van der Waals surface area contributed by atoms with Gasteiger partial charge < -0.3 is 9.64 Å². The number of hydrogen-bond donors (Lipinski definition) is 0. The van der Waals surface area contributed by atoms with Crippen molar-refractivity contribution in [2.75, 3.05) is 27.3 Å². The van der Waals surface area contributed by atoms with Gasteiger partial charge in [0.15, 0.2) is 0 Å². The van der Waals surface area contributed by atoms with Crippen molar-refractivity contribution in [3.63, 3.8) is 0 Å². The fraction of sp³-hybridized carbons (Fsp3) is 1.00. The Morgan fingerprint density at radius 1 is 0.667 bits per heavy atom. The van der Waals surface area contributed by atoms with E-state index in [1.165, 1.54) is 77.0 Å². The van der Waals surface area contributed by atoms with E-state index in [1.807, 2.05) is 0 Å². The average Bonchev–Trinajstić information content (AvgIpc) is 2.47. The van der Waals surface area contributed by atoms with Gasteiger partial charge in [-0.05, 0) is 39.8 Å². The van der Waals surface area contributed by atoms with Crippen LogP contribution in [0.1, 0.15) is 90.9 Å². The Hall–Kier alpha value is -0.0800. The summed E-state index contributed by atoms with van der Waals surface area (Å²) in [6.07, 6.45) is 16.2. The summed E-state index contributed by atoms with van der Waals surface area (Å²) >= 11 is 0. The molecule has 0 radical (unpaired) electrons. The Morgan fingerprint density at radius 3 is 1.81 bits per heavy atom. The predicted molar refractivity (Wildman–Crippen MR) is 95.0 cm³/mol. The van der Waals surface area contributed by atoms with Gasteiger partial charge in [-0.1, -0.05) is 65.2 Å². The molecule has 0 aliphatic carbocycles. The molecule has 1 unspecified atom stereocenters. The Balaban J connectivity index is 3.50. The SMILES string of the molecule is CCCCCCCCCC(CCCOCCCC)N(C)C. The van der Waals surface area contributed by atoms with Gasteiger partial charge in [0.25, 0.3) is 0 Å². The minimum atomic E-state index is 0.746. The molecule has 0 aromatic heterocycles. The quantitative estimate of drug-likeness (QED) is 0.341. The molecule has 0 amide bonds. The minimum Gasteiger partial charge on any atom is -0.381 e. The van der Waals surface area contributed by atoms with Crippen molar-refractivity contribution < 1.29 is 4.74 Å². The lowest BCUT2D eigenvalue weighted by Crippen LogP contribution is -2.28. The molecule has 0 aromatic rings. The van der Waals surface area contributed by atoms with Crippen molar-refractivity contribution in [3.05, 3.63) is 0 Å². The zero-order valence-electron chi connectivity index (χ0n) is 15.3. The van der Waals surface area contributed by atoms with Gasteiger partial charge in [-0.15, -0.1) is 0 Å². The van der Waals surface area contributed by atoms with E-state index in [0.717, 1.165) is 19.3 Å². The van der Waals surface area contributed by atoms with Crippen molar-refractivity contribution in [1.82, 2.24) is 4.90 Å². The van der Waals surface area contributed by atoms with Crippen molar-refractivity contribution in [1.29, 1.82) is 0 Å². The fourth-order valence-corrected chi connectivity index (χ4v) is 2.77. The van der Waals surface area contributed by atoms with Crippen LogP contribution < -0.4 is 0 Å². The minimum absolute atomic E-state index is 0.746. The molecule has 0 fully saturated rings. The van der Waals surface area contributed by atoms with Gasteiger partial charge in [-0.3, -0.25) is 0 Å². The summed E-state index contributed by atoms with van der Waals surface area (Å²) < 4.78 is 5.67. The molecule has 21 heavy (non-hydrogen) atoms. The fourth-order valence-electron chi connectivity index (χ4n) is 2.77. The van der Waals surface area contributed by atoms with E-state index in [0.29, 0.717) is 0 Å². The number of unbranched alkanes of at least 4 members (excludes halogenated alkanes) is 7. The lowest BCUT2D eigenvalue weighted by atomic mass is 10.0. The molecule has 0 spiro atoms. The molecule has 0 bridgehead atoms. The van der Waals surface area contributed by atoms with E-state index >= 15 is 0 Å². The van der Waals surface area contributed by atoms with Gasteiger partial charge in [0.1, 0.15) is 0 Å². The van der Waals surface area contributed by atoms with E-state index in [1.54, 1.807) is 0 Å². The Labute approximate surface area is 134 Å². The summed E-state index contributed by atoms with van der Waals surface area (Å²) in [4.78, 5) is 2.41. The van der Waals surface area contributed by atoms with Crippen molar-refractivity contribution >= 4 is 0 Å². The molecule has 0 rings (SSSR count). The van der Waals surface area contributed by atoms with Crippen LogP contribution in [0.2, 0.25) is 0 Å². The van der Waals surface area contributed by atoms with Gasteiger partial charge >= 0.3 is 0 Å². The maximum absolute atomic E-state index is 5.67. The first-order valence-corrected chi connectivity index (χ1v) is 9.46. The molecule has 0 saturated heterocycles. The van der Waals surface area contributed by atoms with E-state index in [2.05, 4.69) is 32.8 Å². The first-order valence-electron chi connectivity index (χ1n) is 9.46. The van der Waals surface area contributed by atoms with Gasteiger partial charge in [0, 0.05) is 19.3 Å². The second-order valence-corrected chi connectivity index (χ2v) is 6.64. The van der Waals surface area contributed by atoms with Gasteiger partial charge in [-0.25, -0.2) is 0 Å². The molecule has 2 nitrogen and oxygen atoms in total. The third kappa shape index (κ3) is 14.6. The summed E-state index contributed by atoms with van der Waals surface area (Å²) in [6.45, 7) is 6.39. The smallest absolute Gasteiger partial charge is 0.0466 e. The van der Waals surface area contributed by atoms with E-state index in [-0.39, 0.29) is 0 Å². The highest BCUT2D eigenvalue weighted by atomic mass is 16.5. The number of ether oxygens (including phenoxy) is 1. The van der Waals surface area contributed by atoms with Crippen LogP contribution in [0.4, 0.5) is 0 Å². The van der Waals surface area contributed by atoms with Crippen LogP contribution in [0.5, 0.6) is 0 Å². The normalized spacial score (nSPS) is 13.0. The topological polar surface area (TPSA) is 12.5 Å². The molecule has 0 N–H and O–H groups in total. The van der Waals surface area contributed by atoms with Gasteiger partial charge in [0.05, 0.1) is 0 Å². The standard InChI is InChI=1S/C19H41NO/c1-5-7-9-10-11-12-13-15-19(20(3)4)16-14-18-21-17-8-6-2/h19H,5-18H2,1-4H3. The molecular formula is C19H41NO. The van der Waals surface area contributed by atoms with Gasteiger partial charge in [-0.2, -0.15) is 0 Å². The zero-order valence-corrected chi connectivity index (χ0v) is 15.3. The maximum Gasteiger partial charge on any atom is 0.0466 e. The van der Waals surface area contributed by atoms with Crippen LogP contribution in [0, 0.1) is 0 Å². The first-order chi connectivity index (χ1) is 10.2. The van der Waals surface area contributed by atoms with Crippen LogP contribution in [0.25, 0.3) is 0 Å². The Morgan fingerprint density at radius 2 is 1.19 bits per heavy atom. The van der Waals surface area contributed by atoms with Crippen LogP contribution in [0.3, 0.4) is 0 Å². The molecule has 0 aromatic carbocycles. The second kappa shape index (κ2) is 16.3. The maximum atomic E-state index is 5.67. The Bertz CT molecular complexity index is 194. The monoisotopic (exact) mass is 299 g/mol. The van der Waals surface area contributed by atoms with Crippen LogP contribution >= 0.6 is 0 Å². The van der Waals surface area contributed by atoms with E-state index < -0.39 is 0 Å². The van der Waals surface area contributed by atoms with Crippen LogP contribution in [-0.2, 0) is 4.74 Å². The largest absolute Gasteiger partial charge is 0.381 e. The molecule has 1 atom stereocenters. The van der Waals surface area contributed by atoms with Gasteiger partial charge in [0.2, 0.25) is 0 Å². The van der Waals surface area contributed by atoms with E-state index in [9.17, 15) is 0 Å². The first kappa shape index (κ1) is 20.9. The number of nitrogens with zero attached hydrogens (tertiary/aromatic N) is 1. The summed E-state index contributed by atoms with van der Waals surface area (Å²) in [5.41, 5.74) is 0. The van der Waals surface area contributed by atoms with Crippen LogP contribution in [0.15, 0.2) is 0 Å². The molecule has 128 valence electrons.